The molecule has 1 aromatic carbocycles. The van der Waals surface area contributed by atoms with E-state index in [1.165, 1.54) is 6.20 Å². The largest absolute Gasteiger partial charge is 0.492 e. The molecule has 0 aliphatic heterocycles. The van der Waals surface area contributed by atoms with Gasteiger partial charge in [0.2, 0.25) is 0 Å². The highest BCUT2D eigenvalue weighted by Crippen LogP contribution is 2.17. The zero-order valence-electron chi connectivity index (χ0n) is 11.4. The Kier molecular flexibility index (Phi) is 5.59. The summed E-state index contributed by atoms with van der Waals surface area (Å²) in [5, 5.41) is 0.399. The molecule has 0 radical (unpaired) electrons. The first kappa shape index (κ1) is 15.8. The third kappa shape index (κ3) is 4.44. The first-order chi connectivity index (χ1) is 10.1. The highest BCUT2D eigenvalue weighted by atomic mass is 79.9. The summed E-state index contributed by atoms with van der Waals surface area (Å²) < 4.78 is 6.58. The van der Waals surface area contributed by atoms with Gasteiger partial charge in [0.15, 0.2) is 0 Å². The number of hydrogen-bond acceptors (Lipinski definition) is 3. The van der Waals surface area contributed by atoms with E-state index in [1.54, 1.807) is 24.2 Å². The average molecular weight is 370 g/mol. The van der Waals surface area contributed by atoms with Gasteiger partial charge in [0.1, 0.15) is 12.4 Å². The molecule has 2 aromatic rings. The molecule has 1 amide bonds. The van der Waals surface area contributed by atoms with Crippen LogP contribution in [0.2, 0.25) is 5.02 Å². The molecule has 0 aliphatic carbocycles. The third-order valence-corrected chi connectivity index (χ3v) is 3.71. The topological polar surface area (TPSA) is 42.4 Å². The third-order valence-electron chi connectivity index (χ3n) is 2.85. The highest BCUT2D eigenvalue weighted by Gasteiger charge is 2.14. The SMILES string of the molecule is CN(CCOc1ccc(Br)cc1)C(=O)c1cnccc1Cl. The number of ether oxygens (including phenoxy) is 1. The van der Waals surface area contributed by atoms with E-state index in [4.69, 9.17) is 16.3 Å². The van der Waals surface area contributed by atoms with Crippen molar-refractivity contribution in [1.29, 1.82) is 0 Å². The van der Waals surface area contributed by atoms with Crippen LogP contribution in [0.15, 0.2) is 47.2 Å². The van der Waals surface area contributed by atoms with Crippen molar-refractivity contribution in [3.63, 3.8) is 0 Å². The van der Waals surface area contributed by atoms with Gasteiger partial charge in [-0.1, -0.05) is 27.5 Å². The lowest BCUT2D eigenvalue weighted by Gasteiger charge is -2.18. The molecule has 1 heterocycles. The van der Waals surface area contributed by atoms with E-state index in [2.05, 4.69) is 20.9 Å². The van der Waals surface area contributed by atoms with Crippen molar-refractivity contribution < 1.29 is 9.53 Å². The molecule has 0 spiro atoms. The highest BCUT2D eigenvalue weighted by molar-refractivity contribution is 9.10. The Labute approximate surface area is 136 Å². The fourth-order valence-electron chi connectivity index (χ4n) is 1.67. The van der Waals surface area contributed by atoms with E-state index in [0.717, 1.165) is 10.2 Å². The fraction of sp³-hybridized carbons (Fsp3) is 0.200. The van der Waals surface area contributed by atoms with Crippen LogP contribution in [-0.2, 0) is 0 Å². The van der Waals surface area contributed by atoms with Gasteiger partial charge in [-0.15, -0.1) is 0 Å². The van der Waals surface area contributed by atoms with Crippen molar-refractivity contribution in [3.8, 4) is 5.75 Å². The Bertz CT molecular complexity index is 619. The number of likely N-dealkylation sites (N-methyl/N-ethyl adjacent to an activating group) is 1. The predicted octanol–water partition coefficient (Wildman–Crippen LogP) is 3.65. The molecule has 6 heteroatoms. The van der Waals surface area contributed by atoms with Crippen LogP contribution in [0.1, 0.15) is 10.4 Å². The lowest BCUT2D eigenvalue weighted by Crippen LogP contribution is -2.31. The van der Waals surface area contributed by atoms with E-state index < -0.39 is 0 Å². The molecule has 0 atom stereocenters. The van der Waals surface area contributed by atoms with Crippen LogP contribution >= 0.6 is 27.5 Å². The molecule has 110 valence electrons. The summed E-state index contributed by atoms with van der Waals surface area (Å²) in [6.07, 6.45) is 3.02. The molecule has 1 aromatic heterocycles. The van der Waals surface area contributed by atoms with E-state index in [9.17, 15) is 4.79 Å². The lowest BCUT2D eigenvalue weighted by atomic mass is 10.2. The smallest absolute Gasteiger partial charge is 0.256 e. The molecule has 4 nitrogen and oxygen atoms in total. The summed E-state index contributed by atoms with van der Waals surface area (Å²) in [6.45, 7) is 0.863. The maximum absolute atomic E-state index is 12.2. The van der Waals surface area contributed by atoms with Gasteiger partial charge in [0.25, 0.3) is 5.91 Å². The van der Waals surface area contributed by atoms with E-state index in [-0.39, 0.29) is 5.91 Å². The number of pyridine rings is 1. The van der Waals surface area contributed by atoms with Crippen molar-refractivity contribution in [2.24, 2.45) is 0 Å². The zero-order valence-corrected chi connectivity index (χ0v) is 13.8. The standard InChI is InChI=1S/C15H14BrClN2O2/c1-19(15(20)13-10-18-7-6-14(13)17)8-9-21-12-4-2-11(16)3-5-12/h2-7,10H,8-9H2,1H3. The summed E-state index contributed by atoms with van der Waals surface area (Å²) in [4.78, 5) is 17.7. The zero-order chi connectivity index (χ0) is 15.2. The molecule has 0 unspecified atom stereocenters. The van der Waals surface area contributed by atoms with Gasteiger partial charge in [-0.3, -0.25) is 9.78 Å². The summed E-state index contributed by atoms with van der Waals surface area (Å²) in [7, 11) is 1.70. The van der Waals surface area contributed by atoms with Crippen LogP contribution in [0.5, 0.6) is 5.75 Å². The number of halogens is 2. The van der Waals surface area contributed by atoms with Crippen LogP contribution in [-0.4, -0.2) is 36.0 Å². The molecule has 0 fully saturated rings. The van der Waals surface area contributed by atoms with E-state index >= 15 is 0 Å². The molecule has 0 aliphatic rings. The quantitative estimate of drug-likeness (QED) is 0.808. The van der Waals surface area contributed by atoms with Crippen LogP contribution in [0.4, 0.5) is 0 Å². The Morgan fingerprint density at radius 1 is 1.33 bits per heavy atom. The Morgan fingerprint density at radius 3 is 2.71 bits per heavy atom. The van der Waals surface area contributed by atoms with Gasteiger partial charge in [0, 0.05) is 23.9 Å². The van der Waals surface area contributed by atoms with Crippen molar-refractivity contribution in [2.45, 2.75) is 0 Å². The fourth-order valence-corrected chi connectivity index (χ4v) is 2.12. The van der Waals surface area contributed by atoms with Gasteiger partial charge in [-0.2, -0.15) is 0 Å². The van der Waals surface area contributed by atoms with Gasteiger partial charge in [0.05, 0.1) is 17.1 Å². The molecule has 0 saturated carbocycles. The van der Waals surface area contributed by atoms with Crippen LogP contribution < -0.4 is 4.74 Å². The number of hydrogen-bond donors (Lipinski definition) is 0. The van der Waals surface area contributed by atoms with Gasteiger partial charge < -0.3 is 9.64 Å². The Morgan fingerprint density at radius 2 is 2.05 bits per heavy atom. The molecule has 0 saturated heterocycles. The minimum atomic E-state index is -0.174. The summed E-state index contributed by atoms with van der Waals surface area (Å²) in [5.41, 5.74) is 0.394. The van der Waals surface area contributed by atoms with Gasteiger partial charge >= 0.3 is 0 Å². The number of aromatic nitrogens is 1. The van der Waals surface area contributed by atoms with E-state index in [1.807, 2.05) is 24.3 Å². The lowest BCUT2D eigenvalue weighted by molar-refractivity contribution is 0.0773. The minimum Gasteiger partial charge on any atom is -0.492 e. The number of rotatable bonds is 5. The average Bonchev–Trinajstić information content (AvgIpc) is 2.49. The van der Waals surface area contributed by atoms with E-state index in [0.29, 0.717) is 23.7 Å². The van der Waals surface area contributed by atoms with Crippen molar-refractivity contribution in [3.05, 3.63) is 57.8 Å². The van der Waals surface area contributed by atoms with Crippen molar-refractivity contribution in [2.75, 3.05) is 20.2 Å². The second kappa shape index (κ2) is 7.43. The van der Waals surface area contributed by atoms with Gasteiger partial charge in [-0.05, 0) is 30.3 Å². The first-order valence-corrected chi connectivity index (χ1v) is 7.48. The van der Waals surface area contributed by atoms with Crippen LogP contribution in [0, 0.1) is 0 Å². The molecule has 2 rings (SSSR count). The summed E-state index contributed by atoms with van der Waals surface area (Å²) in [5.74, 6) is 0.589. The van der Waals surface area contributed by atoms with Crippen LogP contribution in [0.25, 0.3) is 0 Å². The minimum absolute atomic E-state index is 0.174. The number of benzene rings is 1. The van der Waals surface area contributed by atoms with Gasteiger partial charge in [-0.25, -0.2) is 0 Å². The Hall–Kier alpha value is -1.59. The second-order valence-corrected chi connectivity index (χ2v) is 5.71. The summed E-state index contributed by atoms with van der Waals surface area (Å²) in [6, 6.07) is 9.13. The molecule has 0 bridgehead atoms. The maximum atomic E-state index is 12.2. The maximum Gasteiger partial charge on any atom is 0.256 e. The van der Waals surface area contributed by atoms with Crippen molar-refractivity contribution in [1.82, 2.24) is 9.88 Å². The number of carbonyl (C=O) groups is 1. The first-order valence-electron chi connectivity index (χ1n) is 6.31. The number of nitrogens with zero attached hydrogens (tertiary/aromatic N) is 2. The molecule has 21 heavy (non-hydrogen) atoms. The monoisotopic (exact) mass is 368 g/mol. The normalized spacial score (nSPS) is 10.2. The van der Waals surface area contributed by atoms with Crippen molar-refractivity contribution >= 4 is 33.4 Å². The number of carbonyl (C=O) groups excluding carboxylic acids is 1. The molecular formula is C15H14BrClN2O2. The summed E-state index contributed by atoms with van der Waals surface area (Å²) >= 11 is 9.35. The molecule has 0 N–H and O–H groups in total. The predicted molar refractivity (Wildman–Crippen MR) is 85.8 cm³/mol. The second-order valence-electron chi connectivity index (χ2n) is 4.38. The molecular weight excluding hydrogens is 356 g/mol. The Balaban J connectivity index is 1.87. The number of amides is 1. The van der Waals surface area contributed by atoms with Crippen LogP contribution in [0.3, 0.4) is 0 Å².